The van der Waals surface area contributed by atoms with Gasteiger partial charge in [-0.25, -0.2) is 4.72 Å². The molecule has 1 unspecified atom stereocenters. The van der Waals surface area contributed by atoms with Gasteiger partial charge >= 0.3 is 5.97 Å². The first-order valence-corrected chi connectivity index (χ1v) is 8.29. The van der Waals surface area contributed by atoms with Gasteiger partial charge < -0.3 is 4.74 Å². The van der Waals surface area contributed by atoms with Gasteiger partial charge in [0.05, 0.1) is 7.11 Å². The summed E-state index contributed by atoms with van der Waals surface area (Å²) >= 11 is 3.08. The number of esters is 1. The minimum absolute atomic E-state index is 0.00843. The Kier molecular flexibility index (Phi) is 6.54. The molecular weight excluding hydrogens is 324 g/mol. The van der Waals surface area contributed by atoms with Crippen LogP contribution in [-0.2, 0) is 19.7 Å². The van der Waals surface area contributed by atoms with Crippen LogP contribution in [0.2, 0.25) is 0 Å². The number of hydrogen-bond donors (Lipinski definition) is 1. The molecule has 1 atom stereocenters. The van der Waals surface area contributed by atoms with Gasteiger partial charge in [-0.3, -0.25) is 4.79 Å². The summed E-state index contributed by atoms with van der Waals surface area (Å²) in [6.45, 7) is 1.08. The number of carbonyl (C=O) groups excluding carboxylic acids is 1. The molecule has 18 heavy (non-hydrogen) atoms. The lowest BCUT2D eigenvalue weighted by atomic mass is 10.2. The normalized spacial score (nSPS) is 20.1. The van der Waals surface area contributed by atoms with E-state index in [1.54, 1.807) is 0 Å². The second kappa shape index (κ2) is 7.42. The Morgan fingerprint density at radius 2 is 1.89 bits per heavy atom. The summed E-state index contributed by atoms with van der Waals surface area (Å²) in [4.78, 5) is 10.5. The molecular formula is C10H19BrN2O4S. The van der Waals surface area contributed by atoms with E-state index in [0.717, 1.165) is 25.7 Å². The predicted molar refractivity (Wildman–Crippen MR) is 71.7 cm³/mol. The van der Waals surface area contributed by atoms with Gasteiger partial charge in [-0.15, -0.1) is 0 Å². The standard InChI is InChI=1S/C10H19BrN2O4S/c1-17-10(14)9(11)8-12-18(15,16)13-6-4-2-3-5-7-13/h9,12H,2-8H2,1H3. The Balaban J connectivity index is 2.50. The molecule has 1 aliphatic heterocycles. The third-order valence-corrected chi connectivity index (χ3v) is 5.08. The first-order valence-electron chi connectivity index (χ1n) is 5.94. The summed E-state index contributed by atoms with van der Waals surface area (Å²) in [5.41, 5.74) is 0. The maximum Gasteiger partial charge on any atom is 0.320 e. The fourth-order valence-electron chi connectivity index (χ4n) is 1.76. The molecule has 0 aromatic rings. The zero-order chi connectivity index (χ0) is 13.6. The molecule has 106 valence electrons. The number of ether oxygens (including phenoxy) is 1. The Bertz CT molecular complexity index is 366. The molecule has 0 saturated carbocycles. The van der Waals surface area contributed by atoms with Crippen LogP contribution in [0, 0.1) is 0 Å². The minimum Gasteiger partial charge on any atom is -0.468 e. The maximum absolute atomic E-state index is 12.0. The Morgan fingerprint density at radius 1 is 1.33 bits per heavy atom. The molecule has 0 amide bonds. The lowest BCUT2D eigenvalue weighted by Crippen LogP contribution is -2.44. The molecule has 0 bridgehead atoms. The van der Waals surface area contributed by atoms with Crippen molar-refractivity contribution in [3.63, 3.8) is 0 Å². The number of nitrogens with zero attached hydrogens (tertiary/aromatic N) is 1. The first-order chi connectivity index (χ1) is 8.47. The van der Waals surface area contributed by atoms with Crippen molar-refractivity contribution in [1.29, 1.82) is 0 Å². The minimum atomic E-state index is -3.50. The molecule has 0 radical (unpaired) electrons. The van der Waals surface area contributed by atoms with Crippen molar-refractivity contribution in [2.45, 2.75) is 30.5 Å². The number of alkyl halides is 1. The van der Waals surface area contributed by atoms with Crippen LogP contribution in [0.15, 0.2) is 0 Å². The zero-order valence-electron chi connectivity index (χ0n) is 10.4. The fourth-order valence-corrected chi connectivity index (χ4v) is 3.62. The van der Waals surface area contributed by atoms with Crippen molar-refractivity contribution in [2.24, 2.45) is 0 Å². The van der Waals surface area contributed by atoms with E-state index < -0.39 is 21.0 Å². The Hall–Kier alpha value is -0.180. The quantitative estimate of drug-likeness (QED) is 0.587. The highest BCUT2D eigenvalue weighted by molar-refractivity contribution is 9.10. The van der Waals surface area contributed by atoms with Crippen LogP contribution in [0.3, 0.4) is 0 Å². The molecule has 1 heterocycles. The Labute approximate surface area is 116 Å². The lowest BCUT2D eigenvalue weighted by Gasteiger charge is -2.20. The van der Waals surface area contributed by atoms with Gasteiger partial charge in [-0.1, -0.05) is 28.8 Å². The van der Waals surface area contributed by atoms with Gasteiger partial charge in [0, 0.05) is 19.6 Å². The Morgan fingerprint density at radius 3 is 2.39 bits per heavy atom. The molecule has 1 N–H and O–H groups in total. The van der Waals surface area contributed by atoms with Gasteiger partial charge in [0.15, 0.2) is 0 Å². The lowest BCUT2D eigenvalue weighted by molar-refractivity contribution is -0.139. The van der Waals surface area contributed by atoms with E-state index in [-0.39, 0.29) is 6.54 Å². The summed E-state index contributed by atoms with van der Waals surface area (Å²) in [7, 11) is -2.23. The van der Waals surface area contributed by atoms with E-state index in [9.17, 15) is 13.2 Å². The highest BCUT2D eigenvalue weighted by atomic mass is 79.9. The highest BCUT2D eigenvalue weighted by Crippen LogP contribution is 2.12. The smallest absolute Gasteiger partial charge is 0.320 e. The molecule has 0 aromatic carbocycles. The number of carbonyl (C=O) groups is 1. The number of nitrogens with one attached hydrogen (secondary N) is 1. The van der Waals surface area contributed by atoms with Crippen LogP contribution in [-0.4, -0.2) is 50.3 Å². The molecule has 1 fully saturated rings. The molecule has 1 saturated heterocycles. The molecule has 0 aliphatic carbocycles. The van der Waals surface area contributed by atoms with E-state index in [1.165, 1.54) is 11.4 Å². The van der Waals surface area contributed by atoms with Crippen molar-refractivity contribution in [2.75, 3.05) is 26.7 Å². The summed E-state index contributed by atoms with van der Waals surface area (Å²) in [6.07, 6.45) is 3.90. The van der Waals surface area contributed by atoms with E-state index in [2.05, 4.69) is 25.4 Å². The number of methoxy groups -OCH3 is 1. The number of hydrogen-bond acceptors (Lipinski definition) is 4. The van der Waals surface area contributed by atoms with Crippen molar-refractivity contribution in [1.82, 2.24) is 9.03 Å². The van der Waals surface area contributed by atoms with Crippen molar-refractivity contribution >= 4 is 32.1 Å². The van der Waals surface area contributed by atoms with Crippen LogP contribution in [0.1, 0.15) is 25.7 Å². The number of rotatable bonds is 5. The van der Waals surface area contributed by atoms with Gasteiger partial charge in [0.25, 0.3) is 10.2 Å². The topological polar surface area (TPSA) is 75.7 Å². The monoisotopic (exact) mass is 342 g/mol. The van der Waals surface area contributed by atoms with Crippen LogP contribution < -0.4 is 4.72 Å². The van der Waals surface area contributed by atoms with Crippen LogP contribution in [0.25, 0.3) is 0 Å². The first kappa shape index (κ1) is 15.9. The summed E-state index contributed by atoms with van der Waals surface area (Å²) in [5, 5.41) is 0. The average Bonchev–Trinajstić information content (AvgIpc) is 2.64. The molecule has 0 aromatic heterocycles. The maximum atomic E-state index is 12.0. The van der Waals surface area contributed by atoms with Crippen LogP contribution in [0.5, 0.6) is 0 Å². The van der Waals surface area contributed by atoms with E-state index >= 15 is 0 Å². The van der Waals surface area contributed by atoms with Crippen molar-refractivity contribution in [3.05, 3.63) is 0 Å². The van der Waals surface area contributed by atoms with Crippen molar-refractivity contribution < 1.29 is 17.9 Å². The van der Waals surface area contributed by atoms with Crippen LogP contribution in [0.4, 0.5) is 0 Å². The fraction of sp³-hybridized carbons (Fsp3) is 0.900. The molecule has 1 aliphatic rings. The summed E-state index contributed by atoms with van der Waals surface area (Å²) in [6, 6.07) is 0. The van der Waals surface area contributed by atoms with Crippen molar-refractivity contribution in [3.8, 4) is 0 Å². The third kappa shape index (κ3) is 4.83. The molecule has 0 spiro atoms. The predicted octanol–water partition coefficient (Wildman–Crippen LogP) is 0.633. The molecule has 1 rings (SSSR count). The van der Waals surface area contributed by atoms with Gasteiger partial charge in [0.1, 0.15) is 4.83 Å². The largest absolute Gasteiger partial charge is 0.468 e. The number of halogens is 1. The van der Waals surface area contributed by atoms with Gasteiger partial charge in [0.2, 0.25) is 0 Å². The van der Waals surface area contributed by atoms with E-state index in [4.69, 9.17) is 0 Å². The van der Waals surface area contributed by atoms with E-state index in [1.807, 2.05) is 0 Å². The highest BCUT2D eigenvalue weighted by Gasteiger charge is 2.25. The molecule has 6 nitrogen and oxygen atoms in total. The average molecular weight is 343 g/mol. The second-order valence-corrected chi connectivity index (χ2v) is 7.02. The van der Waals surface area contributed by atoms with E-state index in [0.29, 0.717) is 13.1 Å². The third-order valence-electron chi connectivity index (χ3n) is 2.81. The second-order valence-electron chi connectivity index (χ2n) is 4.16. The van der Waals surface area contributed by atoms with Gasteiger partial charge in [-0.05, 0) is 12.8 Å². The zero-order valence-corrected chi connectivity index (χ0v) is 12.8. The summed E-state index contributed by atoms with van der Waals surface area (Å²) in [5.74, 6) is -0.492. The summed E-state index contributed by atoms with van der Waals surface area (Å²) < 4.78 is 32.4. The SMILES string of the molecule is COC(=O)C(Br)CNS(=O)(=O)N1CCCCCC1. The van der Waals surface area contributed by atoms with Crippen LogP contribution >= 0.6 is 15.9 Å². The molecule has 8 heteroatoms. The van der Waals surface area contributed by atoms with Gasteiger partial charge in [-0.2, -0.15) is 12.7 Å².